The monoisotopic (exact) mass is 398 g/mol. The Morgan fingerprint density at radius 2 is 1.62 bits per heavy atom. The number of nitrogens with one attached hydrogen (secondary N) is 1. The van der Waals surface area contributed by atoms with Gasteiger partial charge in [0.25, 0.3) is 5.91 Å². The SMILES string of the molecule is CCCN1CCC(N2C(=O)NC3(CCN(CCc4ccccc4)CC3)C2=O)CC1. The largest absolute Gasteiger partial charge is 0.325 e. The molecule has 1 aromatic carbocycles. The lowest BCUT2D eigenvalue weighted by atomic mass is 9.86. The lowest BCUT2D eigenvalue weighted by Crippen LogP contribution is -2.55. The first-order chi connectivity index (χ1) is 14.1. The normalized spacial score (nSPS) is 23.7. The minimum atomic E-state index is -0.666. The van der Waals surface area contributed by atoms with Gasteiger partial charge in [-0.25, -0.2) is 4.79 Å². The zero-order valence-corrected chi connectivity index (χ0v) is 17.6. The zero-order chi connectivity index (χ0) is 20.3. The molecule has 3 fully saturated rings. The smallest absolute Gasteiger partial charge is 0.323 e. The third-order valence-electron chi connectivity index (χ3n) is 6.92. The molecule has 0 atom stereocenters. The Balaban J connectivity index is 1.31. The van der Waals surface area contributed by atoms with Crippen LogP contribution >= 0.6 is 0 Å². The first kappa shape index (κ1) is 20.4. The van der Waals surface area contributed by atoms with E-state index in [-0.39, 0.29) is 18.0 Å². The summed E-state index contributed by atoms with van der Waals surface area (Å²) in [6, 6.07) is 10.4. The molecule has 0 unspecified atom stereocenters. The predicted molar refractivity (Wildman–Crippen MR) is 114 cm³/mol. The van der Waals surface area contributed by atoms with Gasteiger partial charge in [-0.3, -0.25) is 9.69 Å². The lowest BCUT2D eigenvalue weighted by Gasteiger charge is -2.38. The molecule has 158 valence electrons. The van der Waals surface area contributed by atoms with E-state index < -0.39 is 5.54 Å². The van der Waals surface area contributed by atoms with Crippen LogP contribution in [0.5, 0.6) is 0 Å². The van der Waals surface area contributed by atoms with E-state index in [9.17, 15) is 9.59 Å². The van der Waals surface area contributed by atoms with Crippen LogP contribution in [-0.2, 0) is 11.2 Å². The average Bonchev–Trinajstić information content (AvgIpc) is 2.99. The molecular weight excluding hydrogens is 364 g/mol. The summed E-state index contributed by atoms with van der Waals surface area (Å²) >= 11 is 0. The Morgan fingerprint density at radius 3 is 2.28 bits per heavy atom. The van der Waals surface area contributed by atoms with Gasteiger partial charge in [-0.15, -0.1) is 0 Å². The van der Waals surface area contributed by atoms with Crippen LogP contribution in [0.15, 0.2) is 30.3 Å². The minimum absolute atomic E-state index is 0.0270. The van der Waals surface area contributed by atoms with Crippen molar-refractivity contribution in [2.45, 2.75) is 57.0 Å². The van der Waals surface area contributed by atoms with Crippen molar-refractivity contribution in [1.29, 1.82) is 0 Å². The summed E-state index contributed by atoms with van der Waals surface area (Å²) in [7, 11) is 0. The number of carbonyl (C=O) groups is 2. The fourth-order valence-electron chi connectivity index (χ4n) is 5.12. The van der Waals surface area contributed by atoms with Crippen LogP contribution in [0.1, 0.15) is 44.6 Å². The number of hydrogen-bond donors (Lipinski definition) is 1. The number of piperidine rings is 2. The Hall–Kier alpha value is -1.92. The molecule has 1 spiro atoms. The third kappa shape index (κ3) is 4.33. The van der Waals surface area contributed by atoms with Gasteiger partial charge < -0.3 is 15.1 Å². The van der Waals surface area contributed by atoms with Gasteiger partial charge in [0.1, 0.15) is 5.54 Å². The molecule has 6 nitrogen and oxygen atoms in total. The topological polar surface area (TPSA) is 55.9 Å². The van der Waals surface area contributed by atoms with Crippen molar-refractivity contribution in [2.24, 2.45) is 0 Å². The molecule has 0 aliphatic carbocycles. The third-order valence-corrected chi connectivity index (χ3v) is 6.92. The van der Waals surface area contributed by atoms with E-state index in [2.05, 4.69) is 46.3 Å². The summed E-state index contributed by atoms with van der Waals surface area (Å²) in [6.07, 6.45) is 5.42. The summed E-state index contributed by atoms with van der Waals surface area (Å²) in [5, 5.41) is 3.09. The van der Waals surface area contributed by atoms with E-state index >= 15 is 0 Å². The first-order valence-electron chi connectivity index (χ1n) is 11.3. The molecule has 29 heavy (non-hydrogen) atoms. The highest BCUT2D eigenvalue weighted by Gasteiger charge is 2.54. The van der Waals surface area contributed by atoms with Crippen LogP contribution in [0.3, 0.4) is 0 Å². The van der Waals surface area contributed by atoms with Crippen molar-refractivity contribution in [3.8, 4) is 0 Å². The van der Waals surface area contributed by atoms with Crippen LogP contribution in [0.2, 0.25) is 0 Å². The summed E-state index contributed by atoms with van der Waals surface area (Å²) in [4.78, 5) is 32.5. The zero-order valence-electron chi connectivity index (χ0n) is 17.6. The maximum absolute atomic E-state index is 13.3. The van der Waals surface area contributed by atoms with Crippen molar-refractivity contribution in [1.82, 2.24) is 20.0 Å². The molecule has 0 radical (unpaired) electrons. The number of hydrogen-bond acceptors (Lipinski definition) is 4. The quantitative estimate of drug-likeness (QED) is 0.748. The van der Waals surface area contributed by atoms with Crippen molar-refractivity contribution in [2.75, 3.05) is 39.3 Å². The van der Waals surface area contributed by atoms with Crippen molar-refractivity contribution in [3.63, 3.8) is 0 Å². The van der Waals surface area contributed by atoms with Gasteiger partial charge >= 0.3 is 6.03 Å². The summed E-state index contributed by atoms with van der Waals surface area (Å²) in [5.74, 6) is 0.0270. The number of likely N-dealkylation sites (tertiary alicyclic amines) is 2. The number of urea groups is 1. The summed E-state index contributed by atoms with van der Waals surface area (Å²) < 4.78 is 0. The van der Waals surface area contributed by atoms with Gasteiger partial charge in [0.15, 0.2) is 0 Å². The number of benzene rings is 1. The van der Waals surface area contributed by atoms with Crippen molar-refractivity contribution in [3.05, 3.63) is 35.9 Å². The van der Waals surface area contributed by atoms with Crippen LogP contribution in [0.4, 0.5) is 4.79 Å². The molecule has 0 aromatic heterocycles. The van der Waals surface area contributed by atoms with Gasteiger partial charge in [-0.1, -0.05) is 37.3 Å². The molecule has 3 heterocycles. The molecule has 6 heteroatoms. The maximum atomic E-state index is 13.3. The van der Waals surface area contributed by atoms with E-state index in [1.54, 1.807) is 4.90 Å². The summed E-state index contributed by atoms with van der Waals surface area (Å²) in [5.41, 5.74) is 0.680. The van der Waals surface area contributed by atoms with E-state index in [1.807, 2.05) is 6.07 Å². The van der Waals surface area contributed by atoms with Crippen LogP contribution in [-0.4, -0.2) is 77.5 Å². The Labute approximate surface area is 174 Å². The van der Waals surface area contributed by atoms with Crippen LogP contribution in [0, 0.1) is 0 Å². The number of imide groups is 1. The van der Waals surface area contributed by atoms with E-state index in [0.717, 1.165) is 77.8 Å². The second-order valence-electron chi connectivity index (χ2n) is 8.84. The van der Waals surface area contributed by atoms with E-state index in [0.29, 0.717) is 0 Å². The molecule has 1 aromatic rings. The molecule has 3 saturated heterocycles. The van der Waals surface area contributed by atoms with Gasteiger partial charge in [0.05, 0.1) is 0 Å². The molecule has 3 aliphatic rings. The van der Waals surface area contributed by atoms with Crippen LogP contribution in [0.25, 0.3) is 0 Å². The van der Waals surface area contributed by atoms with Gasteiger partial charge in [-0.2, -0.15) is 0 Å². The predicted octanol–water partition coefficient (Wildman–Crippen LogP) is 2.49. The lowest BCUT2D eigenvalue weighted by molar-refractivity contribution is -0.135. The highest BCUT2D eigenvalue weighted by molar-refractivity contribution is 6.07. The minimum Gasteiger partial charge on any atom is -0.323 e. The first-order valence-corrected chi connectivity index (χ1v) is 11.3. The maximum Gasteiger partial charge on any atom is 0.325 e. The second kappa shape index (κ2) is 8.84. The molecule has 4 rings (SSSR count). The standard InChI is InChI=1S/C23H34N4O2/c1-2-13-25-15-9-20(10-16-25)27-21(28)23(24-22(27)29)11-17-26(18-12-23)14-8-19-6-4-3-5-7-19/h3-7,20H,2,8-18H2,1H3,(H,24,29). The Bertz CT molecular complexity index is 707. The van der Waals surface area contributed by atoms with Crippen molar-refractivity contribution >= 4 is 11.9 Å². The van der Waals surface area contributed by atoms with Crippen molar-refractivity contribution < 1.29 is 9.59 Å². The Morgan fingerprint density at radius 1 is 0.966 bits per heavy atom. The number of amides is 3. The molecule has 0 bridgehead atoms. The fraction of sp³-hybridized carbons (Fsp3) is 0.652. The highest BCUT2D eigenvalue weighted by atomic mass is 16.2. The van der Waals surface area contributed by atoms with Gasteiger partial charge in [-0.05, 0) is 50.6 Å². The molecule has 3 amide bonds. The van der Waals surface area contributed by atoms with E-state index in [4.69, 9.17) is 0 Å². The molecule has 0 saturated carbocycles. The van der Waals surface area contributed by atoms with Gasteiger partial charge in [0, 0.05) is 38.8 Å². The summed E-state index contributed by atoms with van der Waals surface area (Å²) in [6.45, 7) is 7.99. The molecule has 3 aliphatic heterocycles. The number of nitrogens with zero attached hydrogens (tertiary/aromatic N) is 3. The number of carbonyl (C=O) groups excluding carboxylic acids is 2. The molecule has 1 N–H and O–H groups in total. The van der Waals surface area contributed by atoms with E-state index in [1.165, 1.54) is 5.56 Å². The fourth-order valence-corrected chi connectivity index (χ4v) is 5.12. The Kier molecular flexibility index (Phi) is 6.20. The number of rotatable bonds is 6. The average molecular weight is 399 g/mol. The van der Waals surface area contributed by atoms with Gasteiger partial charge in [0.2, 0.25) is 0 Å². The second-order valence-corrected chi connectivity index (χ2v) is 8.84. The highest BCUT2D eigenvalue weighted by Crippen LogP contribution is 2.32. The van der Waals surface area contributed by atoms with Crippen LogP contribution < -0.4 is 5.32 Å². The molecular formula is C23H34N4O2.